The summed E-state index contributed by atoms with van der Waals surface area (Å²) in [4.78, 5) is 23.6. The number of carbonyl (C=O) groups is 1. The Labute approximate surface area is 85.8 Å². The van der Waals surface area contributed by atoms with E-state index in [9.17, 15) is 14.9 Å². The van der Waals surface area contributed by atoms with Gasteiger partial charge in [-0.1, -0.05) is 0 Å². The van der Waals surface area contributed by atoms with Crippen molar-refractivity contribution in [1.29, 1.82) is 0 Å². The summed E-state index contributed by atoms with van der Waals surface area (Å²) in [6.07, 6.45) is 0. The lowest BCUT2D eigenvalue weighted by Gasteiger charge is -2.08. The summed E-state index contributed by atoms with van der Waals surface area (Å²) in [5.74, 6) is -0.610. The molecule has 0 aromatic carbocycles. The molecule has 0 spiro atoms. The van der Waals surface area contributed by atoms with Crippen LogP contribution in [0.3, 0.4) is 0 Å². The molecule has 0 saturated carbocycles. The van der Waals surface area contributed by atoms with Crippen molar-refractivity contribution in [3.05, 3.63) is 27.9 Å². The molecule has 1 amide bonds. The molecule has 0 bridgehead atoms. The van der Waals surface area contributed by atoms with Crippen molar-refractivity contribution in [3.63, 3.8) is 0 Å². The third-order valence-electron chi connectivity index (χ3n) is 1.84. The molecule has 0 aliphatic rings. The highest BCUT2D eigenvalue weighted by molar-refractivity contribution is 5.93. The number of nitro groups is 1. The summed E-state index contributed by atoms with van der Waals surface area (Å²) in [5, 5.41) is 12.9. The fraction of sp³-hybridized carbons (Fsp3) is 0.375. The van der Waals surface area contributed by atoms with E-state index in [2.05, 4.69) is 10.3 Å². The summed E-state index contributed by atoms with van der Waals surface area (Å²) in [6, 6.07) is 2.43. The minimum absolute atomic E-state index is 0.155. The van der Waals surface area contributed by atoms with Gasteiger partial charge in [-0.25, -0.2) is 4.98 Å². The molecular weight excluding hydrogens is 200 g/mol. The second-order valence-corrected chi connectivity index (χ2v) is 3.12. The molecule has 0 saturated heterocycles. The topological polar surface area (TPSA) is 114 Å². The largest absolute Gasteiger partial charge is 0.358 e. The maximum atomic E-state index is 11.4. The van der Waals surface area contributed by atoms with Crippen LogP contribution in [0.4, 0.5) is 5.82 Å². The number of aromatic nitrogens is 1. The van der Waals surface area contributed by atoms with Gasteiger partial charge < -0.3 is 21.2 Å². The second-order valence-electron chi connectivity index (χ2n) is 3.12. The molecule has 1 aromatic heterocycles. The molecule has 7 nitrogen and oxygen atoms in total. The number of rotatable bonds is 4. The average Bonchev–Trinajstić information content (AvgIpc) is 2.66. The van der Waals surface area contributed by atoms with Gasteiger partial charge in [-0.15, -0.1) is 0 Å². The van der Waals surface area contributed by atoms with Gasteiger partial charge in [-0.2, -0.15) is 0 Å². The molecule has 7 heteroatoms. The highest BCUT2D eigenvalue weighted by Crippen LogP contribution is 2.09. The Hall–Kier alpha value is -1.89. The van der Waals surface area contributed by atoms with Crippen LogP contribution < -0.4 is 11.1 Å². The molecular formula is C8H12N4O3. The lowest BCUT2D eigenvalue weighted by atomic mass is 10.3. The van der Waals surface area contributed by atoms with E-state index in [1.807, 2.05) is 0 Å². The predicted octanol–water partition coefficient (Wildman–Crippen LogP) is -0.000100. The first kappa shape index (κ1) is 11.2. The zero-order valence-corrected chi connectivity index (χ0v) is 8.19. The number of nitrogens with two attached hydrogens (primary N) is 1. The highest BCUT2D eigenvalue weighted by Gasteiger charge is 2.16. The standard InChI is InChI=1S/C8H12N4O3/c1-5(4-9)10-8(13)6-2-3-7(11-6)12(14)15/h2-3,5,11H,4,9H2,1H3,(H,10,13)/t5-/m1/s1. The number of nitrogens with one attached hydrogen (secondary N) is 2. The summed E-state index contributed by atoms with van der Waals surface area (Å²) < 4.78 is 0. The molecule has 0 aliphatic heterocycles. The molecule has 0 fully saturated rings. The summed E-state index contributed by atoms with van der Waals surface area (Å²) >= 11 is 0. The third-order valence-corrected chi connectivity index (χ3v) is 1.84. The van der Waals surface area contributed by atoms with Crippen LogP contribution in [0.5, 0.6) is 0 Å². The van der Waals surface area contributed by atoms with Crippen molar-refractivity contribution in [2.75, 3.05) is 6.54 Å². The molecule has 0 aliphatic carbocycles. The lowest BCUT2D eigenvalue weighted by Crippen LogP contribution is -2.37. The molecule has 1 rings (SSSR count). The first-order valence-corrected chi connectivity index (χ1v) is 4.39. The predicted molar refractivity (Wildman–Crippen MR) is 53.4 cm³/mol. The van der Waals surface area contributed by atoms with Gasteiger partial charge in [0.05, 0.1) is 0 Å². The lowest BCUT2D eigenvalue weighted by molar-refractivity contribution is -0.389. The first-order chi connectivity index (χ1) is 7.04. The van der Waals surface area contributed by atoms with Crippen LogP contribution in [0.2, 0.25) is 0 Å². The van der Waals surface area contributed by atoms with Gasteiger partial charge in [0.2, 0.25) is 0 Å². The highest BCUT2D eigenvalue weighted by atomic mass is 16.6. The minimum Gasteiger partial charge on any atom is -0.358 e. The van der Waals surface area contributed by atoms with Gasteiger partial charge in [0.1, 0.15) is 0 Å². The second kappa shape index (κ2) is 4.56. The van der Waals surface area contributed by atoms with Crippen LogP contribution in [0, 0.1) is 10.1 Å². The summed E-state index contributed by atoms with van der Waals surface area (Å²) in [6.45, 7) is 2.06. The van der Waals surface area contributed by atoms with Crippen molar-refractivity contribution >= 4 is 11.7 Å². The van der Waals surface area contributed by atoms with Gasteiger partial charge in [-0.3, -0.25) is 4.79 Å². The monoisotopic (exact) mass is 212 g/mol. The zero-order valence-electron chi connectivity index (χ0n) is 8.19. The molecule has 1 aromatic rings. The number of amides is 1. The SMILES string of the molecule is C[C@H](CN)NC(=O)c1ccc([N+](=O)[O-])[nH]1. The fourth-order valence-electron chi connectivity index (χ4n) is 0.983. The van der Waals surface area contributed by atoms with Crippen LogP contribution in [0.1, 0.15) is 17.4 Å². The van der Waals surface area contributed by atoms with Crippen LogP contribution in [0.15, 0.2) is 12.1 Å². The van der Waals surface area contributed by atoms with E-state index >= 15 is 0 Å². The Morgan fingerprint density at radius 2 is 2.40 bits per heavy atom. The van der Waals surface area contributed by atoms with E-state index in [1.165, 1.54) is 12.1 Å². The number of hydrogen-bond acceptors (Lipinski definition) is 4. The number of nitrogens with zero attached hydrogens (tertiary/aromatic N) is 1. The number of H-pyrrole nitrogens is 1. The van der Waals surface area contributed by atoms with Crippen LogP contribution in [-0.2, 0) is 0 Å². The van der Waals surface area contributed by atoms with E-state index in [0.717, 1.165) is 0 Å². The number of carbonyl (C=O) groups excluding carboxylic acids is 1. The maximum absolute atomic E-state index is 11.4. The molecule has 4 N–H and O–H groups in total. The molecule has 82 valence electrons. The van der Waals surface area contributed by atoms with E-state index in [0.29, 0.717) is 6.54 Å². The van der Waals surface area contributed by atoms with Crippen molar-refractivity contribution in [2.45, 2.75) is 13.0 Å². The van der Waals surface area contributed by atoms with Crippen LogP contribution in [0.25, 0.3) is 0 Å². The number of aromatic amines is 1. The van der Waals surface area contributed by atoms with E-state index in [1.54, 1.807) is 6.92 Å². The molecule has 0 radical (unpaired) electrons. The Morgan fingerprint density at radius 1 is 1.73 bits per heavy atom. The van der Waals surface area contributed by atoms with Crippen molar-refractivity contribution in [1.82, 2.24) is 10.3 Å². The summed E-state index contributed by atoms with van der Waals surface area (Å²) in [7, 11) is 0. The quantitative estimate of drug-likeness (QED) is 0.481. The molecule has 1 atom stereocenters. The van der Waals surface area contributed by atoms with Crippen molar-refractivity contribution in [3.8, 4) is 0 Å². The summed E-state index contributed by atoms with van der Waals surface area (Å²) in [5.41, 5.74) is 5.47. The van der Waals surface area contributed by atoms with Gasteiger partial charge in [-0.05, 0) is 17.9 Å². The minimum atomic E-state index is -0.594. The van der Waals surface area contributed by atoms with Crippen molar-refractivity contribution < 1.29 is 9.72 Å². The van der Waals surface area contributed by atoms with Crippen molar-refractivity contribution in [2.24, 2.45) is 5.73 Å². The Morgan fingerprint density at radius 3 is 2.87 bits per heavy atom. The van der Waals surface area contributed by atoms with E-state index in [4.69, 9.17) is 5.73 Å². The molecule has 0 unspecified atom stereocenters. The average molecular weight is 212 g/mol. The van der Waals surface area contributed by atoms with E-state index in [-0.39, 0.29) is 17.6 Å². The van der Waals surface area contributed by atoms with Crippen LogP contribution >= 0.6 is 0 Å². The normalized spacial score (nSPS) is 12.1. The Bertz CT molecular complexity index is 374. The van der Waals surface area contributed by atoms with Gasteiger partial charge >= 0.3 is 5.82 Å². The van der Waals surface area contributed by atoms with Gasteiger partial charge in [0.25, 0.3) is 5.91 Å². The first-order valence-electron chi connectivity index (χ1n) is 4.39. The van der Waals surface area contributed by atoms with E-state index < -0.39 is 10.8 Å². The van der Waals surface area contributed by atoms with Gasteiger partial charge in [0.15, 0.2) is 5.69 Å². The third kappa shape index (κ3) is 2.78. The number of hydrogen-bond donors (Lipinski definition) is 3. The Kier molecular flexibility index (Phi) is 3.40. The van der Waals surface area contributed by atoms with Gasteiger partial charge in [0, 0.05) is 18.7 Å². The Balaban J connectivity index is 2.70. The molecule has 1 heterocycles. The van der Waals surface area contributed by atoms with Crippen LogP contribution in [-0.4, -0.2) is 28.4 Å². The smallest absolute Gasteiger partial charge is 0.321 e. The molecule has 15 heavy (non-hydrogen) atoms. The maximum Gasteiger partial charge on any atom is 0.321 e. The fourth-order valence-corrected chi connectivity index (χ4v) is 0.983. The zero-order chi connectivity index (χ0) is 11.4.